The molecule has 9 heteroatoms. The fraction of sp³-hybridized carbons (Fsp3) is 0.389. The van der Waals surface area contributed by atoms with Gasteiger partial charge in [0.25, 0.3) is 5.56 Å². The summed E-state index contributed by atoms with van der Waals surface area (Å²) in [6.45, 7) is 1.84. The Morgan fingerprint density at radius 1 is 1.11 bits per heavy atom. The molecule has 0 bridgehead atoms. The molecule has 1 aliphatic carbocycles. The first-order valence-corrected chi connectivity index (χ1v) is 10.0. The Hall–Kier alpha value is -2.26. The summed E-state index contributed by atoms with van der Waals surface area (Å²) in [6, 6.07) is 5.73. The molecule has 0 amide bonds. The number of aromatic nitrogens is 1. The van der Waals surface area contributed by atoms with Gasteiger partial charge in [-0.15, -0.1) is 0 Å². The minimum Gasteiger partial charge on any atom is -0.487 e. The van der Waals surface area contributed by atoms with E-state index in [1.807, 2.05) is 6.92 Å². The van der Waals surface area contributed by atoms with Gasteiger partial charge in [-0.2, -0.15) is 4.31 Å². The lowest BCUT2D eigenvalue weighted by atomic mass is 10.2. The minimum atomic E-state index is -4.13. The van der Waals surface area contributed by atoms with Crippen molar-refractivity contribution in [1.82, 2.24) is 8.87 Å². The summed E-state index contributed by atoms with van der Waals surface area (Å²) >= 11 is 0. The molecular weight excluding hydrogens is 378 g/mol. The standard InChI is InChI=1S/C18H18F2N2O4S/c1-11-6-14(8-18(23)22(11)13-3-4-13)26-15-9-21(10-15)27(24,25)17-7-12(19)2-5-16(17)20/h2,5-8,13,15H,3-4,9-10H2,1H3. The summed E-state index contributed by atoms with van der Waals surface area (Å²) in [5, 5.41) is 0. The van der Waals surface area contributed by atoms with Crippen LogP contribution in [0.4, 0.5) is 8.78 Å². The molecule has 0 N–H and O–H groups in total. The van der Waals surface area contributed by atoms with Gasteiger partial charge in [-0.05, 0) is 44.0 Å². The molecule has 0 unspecified atom stereocenters. The summed E-state index contributed by atoms with van der Waals surface area (Å²) in [5.41, 5.74) is 0.656. The van der Waals surface area contributed by atoms with E-state index in [9.17, 15) is 22.0 Å². The number of halogens is 2. The molecule has 1 aromatic carbocycles. The van der Waals surface area contributed by atoms with Gasteiger partial charge in [-0.3, -0.25) is 4.79 Å². The Bertz CT molecular complexity index is 1060. The van der Waals surface area contributed by atoms with Gasteiger partial charge in [-0.25, -0.2) is 17.2 Å². The lowest BCUT2D eigenvalue weighted by Crippen LogP contribution is -2.56. The second kappa shape index (κ2) is 6.42. The normalized spacial score (nSPS) is 18.3. The Labute approximate surface area is 155 Å². The summed E-state index contributed by atoms with van der Waals surface area (Å²) in [7, 11) is -4.13. The smallest absolute Gasteiger partial charge is 0.254 e. The molecule has 6 nitrogen and oxygen atoms in total. The van der Waals surface area contributed by atoms with Gasteiger partial charge in [0, 0.05) is 17.8 Å². The van der Waals surface area contributed by atoms with Crippen molar-refractivity contribution in [3.8, 4) is 5.75 Å². The molecule has 1 aromatic heterocycles. The zero-order chi connectivity index (χ0) is 19.3. The lowest BCUT2D eigenvalue weighted by molar-refractivity contribution is 0.0757. The first kappa shape index (κ1) is 18.1. The monoisotopic (exact) mass is 396 g/mol. The van der Waals surface area contributed by atoms with Gasteiger partial charge in [-0.1, -0.05) is 0 Å². The maximum atomic E-state index is 13.8. The molecule has 1 aliphatic heterocycles. The SMILES string of the molecule is Cc1cc(OC2CN(S(=O)(=O)c3cc(F)ccc3F)C2)cc(=O)n1C1CC1. The van der Waals surface area contributed by atoms with Crippen molar-refractivity contribution in [2.45, 2.75) is 36.8 Å². The van der Waals surface area contributed by atoms with E-state index < -0.39 is 32.7 Å². The number of nitrogens with zero attached hydrogens (tertiary/aromatic N) is 2. The van der Waals surface area contributed by atoms with Crippen LogP contribution in [0.1, 0.15) is 24.6 Å². The molecule has 0 radical (unpaired) electrons. The van der Waals surface area contributed by atoms with Gasteiger partial charge in [0.2, 0.25) is 10.0 Å². The molecule has 0 spiro atoms. The zero-order valence-corrected chi connectivity index (χ0v) is 15.4. The van der Waals surface area contributed by atoms with Crippen molar-refractivity contribution >= 4 is 10.0 Å². The highest BCUT2D eigenvalue weighted by Crippen LogP contribution is 2.35. The number of rotatable bonds is 5. The number of aryl methyl sites for hydroxylation is 1. The molecular formula is C18H18F2N2O4S. The Kier molecular flexibility index (Phi) is 4.31. The van der Waals surface area contributed by atoms with E-state index >= 15 is 0 Å². The van der Waals surface area contributed by atoms with E-state index in [1.165, 1.54) is 6.07 Å². The average molecular weight is 396 g/mol. The molecule has 4 rings (SSSR count). The van der Waals surface area contributed by atoms with E-state index in [-0.39, 0.29) is 24.7 Å². The number of hydrogen-bond donors (Lipinski definition) is 0. The van der Waals surface area contributed by atoms with Gasteiger partial charge in [0.05, 0.1) is 13.1 Å². The predicted molar refractivity (Wildman–Crippen MR) is 93.2 cm³/mol. The van der Waals surface area contributed by atoms with Gasteiger partial charge in [0.15, 0.2) is 0 Å². The van der Waals surface area contributed by atoms with Crippen molar-refractivity contribution in [3.05, 3.63) is 58.0 Å². The Balaban J connectivity index is 1.45. The Morgan fingerprint density at radius 3 is 2.44 bits per heavy atom. The van der Waals surface area contributed by atoms with E-state index in [1.54, 1.807) is 10.6 Å². The molecule has 1 saturated carbocycles. The number of sulfonamides is 1. The highest BCUT2D eigenvalue weighted by atomic mass is 32.2. The lowest BCUT2D eigenvalue weighted by Gasteiger charge is -2.37. The van der Waals surface area contributed by atoms with Crippen LogP contribution >= 0.6 is 0 Å². The molecule has 2 heterocycles. The maximum absolute atomic E-state index is 13.8. The van der Waals surface area contributed by atoms with E-state index in [0.29, 0.717) is 11.8 Å². The van der Waals surface area contributed by atoms with Gasteiger partial charge < -0.3 is 9.30 Å². The Morgan fingerprint density at radius 2 is 1.81 bits per heavy atom. The van der Waals surface area contributed by atoms with Crippen LogP contribution in [0.15, 0.2) is 40.0 Å². The van der Waals surface area contributed by atoms with Crippen molar-refractivity contribution in [2.75, 3.05) is 13.1 Å². The highest BCUT2D eigenvalue weighted by molar-refractivity contribution is 7.89. The van der Waals surface area contributed by atoms with Crippen molar-refractivity contribution < 1.29 is 21.9 Å². The number of hydrogen-bond acceptors (Lipinski definition) is 4. The van der Waals surface area contributed by atoms with E-state index in [4.69, 9.17) is 4.74 Å². The molecule has 144 valence electrons. The number of ether oxygens (including phenoxy) is 1. The van der Waals surface area contributed by atoms with Crippen LogP contribution in [0.2, 0.25) is 0 Å². The number of benzene rings is 1. The quantitative estimate of drug-likeness (QED) is 0.777. The topological polar surface area (TPSA) is 68.6 Å². The second-order valence-corrected chi connectivity index (χ2v) is 8.81. The predicted octanol–water partition coefficient (Wildman–Crippen LogP) is 2.22. The van der Waals surface area contributed by atoms with E-state index in [2.05, 4.69) is 0 Å². The van der Waals surface area contributed by atoms with Crippen LogP contribution in [0.5, 0.6) is 5.75 Å². The van der Waals surface area contributed by atoms with Gasteiger partial charge >= 0.3 is 0 Å². The van der Waals surface area contributed by atoms with Crippen LogP contribution < -0.4 is 10.3 Å². The zero-order valence-electron chi connectivity index (χ0n) is 14.6. The van der Waals surface area contributed by atoms with Gasteiger partial charge in [0.1, 0.15) is 28.4 Å². The molecule has 2 aromatic rings. The fourth-order valence-electron chi connectivity index (χ4n) is 3.23. The molecule has 0 atom stereocenters. The van der Waals surface area contributed by atoms with E-state index in [0.717, 1.165) is 35.0 Å². The fourth-order valence-corrected chi connectivity index (χ4v) is 4.81. The largest absolute Gasteiger partial charge is 0.487 e. The maximum Gasteiger partial charge on any atom is 0.254 e. The van der Waals surface area contributed by atoms with Crippen molar-refractivity contribution in [2.24, 2.45) is 0 Å². The number of pyridine rings is 1. The summed E-state index contributed by atoms with van der Waals surface area (Å²) in [5.74, 6) is -1.44. The third kappa shape index (κ3) is 3.37. The van der Waals surface area contributed by atoms with Crippen LogP contribution in [-0.4, -0.2) is 36.5 Å². The summed E-state index contributed by atoms with van der Waals surface area (Å²) in [6.07, 6.45) is 1.53. The van der Waals surface area contributed by atoms with Crippen molar-refractivity contribution in [1.29, 1.82) is 0 Å². The summed E-state index contributed by atoms with van der Waals surface area (Å²) < 4.78 is 60.4. The molecule has 1 saturated heterocycles. The first-order valence-electron chi connectivity index (χ1n) is 8.61. The molecule has 2 aliphatic rings. The third-order valence-corrected chi connectivity index (χ3v) is 6.62. The first-order chi connectivity index (χ1) is 12.8. The minimum absolute atomic E-state index is 0.00302. The van der Waals surface area contributed by atoms with Crippen LogP contribution in [0, 0.1) is 18.6 Å². The third-order valence-electron chi connectivity index (χ3n) is 4.77. The molecule has 27 heavy (non-hydrogen) atoms. The second-order valence-electron chi connectivity index (χ2n) is 6.91. The molecule has 2 fully saturated rings. The van der Waals surface area contributed by atoms with Crippen LogP contribution in [0.3, 0.4) is 0 Å². The van der Waals surface area contributed by atoms with Crippen LogP contribution in [0.25, 0.3) is 0 Å². The van der Waals surface area contributed by atoms with Crippen molar-refractivity contribution in [3.63, 3.8) is 0 Å². The summed E-state index contributed by atoms with van der Waals surface area (Å²) in [4.78, 5) is 11.5. The average Bonchev–Trinajstić information content (AvgIpc) is 3.36. The highest BCUT2D eigenvalue weighted by Gasteiger charge is 2.39. The van der Waals surface area contributed by atoms with Crippen LogP contribution in [-0.2, 0) is 10.0 Å².